The second-order valence-corrected chi connectivity index (χ2v) is 5.18. The molecule has 5 heteroatoms. The van der Waals surface area contributed by atoms with E-state index in [1.54, 1.807) is 26.0 Å². The Kier molecular flexibility index (Phi) is 4.78. The van der Waals surface area contributed by atoms with Gasteiger partial charge in [0, 0.05) is 6.04 Å². The molecule has 3 N–H and O–H groups in total. The SMILES string of the molecule is COc1cc(C(C)N)ccc1OCC(C)(C)C(=O)O. The molecule has 1 atom stereocenters. The zero-order chi connectivity index (χ0) is 14.6. The van der Waals surface area contributed by atoms with Crippen LogP contribution in [0.1, 0.15) is 32.4 Å². The Balaban J connectivity index is 2.87. The van der Waals surface area contributed by atoms with E-state index in [2.05, 4.69) is 0 Å². The van der Waals surface area contributed by atoms with Gasteiger partial charge in [0.2, 0.25) is 0 Å². The molecule has 1 unspecified atom stereocenters. The first-order valence-corrected chi connectivity index (χ1v) is 6.07. The minimum absolute atomic E-state index is 0.0657. The maximum Gasteiger partial charge on any atom is 0.312 e. The second-order valence-electron chi connectivity index (χ2n) is 5.18. The van der Waals surface area contributed by atoms with Gasteiger partial charge >= 0.3 is 5.97 Å². The quantitative estimate of drug-likeness (QED) is 0.825. The fourth-order valence-electron chi connectivity index (χ4n) is 1.41. The highest BCUT2D eigenvalue weighted by Gasteiger charge is 2.28. The molecule has 0 saturated heterocycles. The molecule has 19 heavy (non-hydrogen) atoms. The number of ether oxygens (including phenoxy) is 2. The summed E-state index contributed by atoms with van der Waals surface area (Å²) < 4.78 is 10.8. The summed E-state index contributed by atoms with van der Waals surface area (Å²) in [7, 11) is 1.54. The smallest absolute Gasteiger partial charge is 0.312 e. The van der Waals surface area contributed by atoms with Gasteiger partial charge < -0.3 is 20.3 Å². The number of rotatable bonds is 6. The Morgan fingerprint density at radius 1 is 1.42 bits per heavy atom. The minimum Gasteiger partial charge on any atom is -0.493 e. The molecule has 5 nitrogen and oxygen atoms in total. The molecule has 0 bridgehead atoms. The number of carboxylic acids is 1. The van der Waals surface area contributed by atoms with Crippen molar-refractivity contribution in [1.82, 2.24) is 0 Å². The lowest BCUT2D eigenvalue weighted by Crippen LogP contribution is -2.30. The van der Waals surface area contributed by atoms with Crippen molar-refractivity contribution in [1.29, 1.82) is 0 Å². The molecule has 0 spiro atoms. The number of benzene rings is 1. The monoisotopic (exact) mass is 267 g/mol. The molecule has 1 rings (SSSR count). The molecular weight excluding hydrogens is 246 g/mol. The van der Waals surface area contributed by atoms with Gasteiger partial charge in [-0.15, -0.1) is 0 Å². The molecule has 0 saturated carbocycles. The van der Waals surface area contributed by atoms with Crippen molar-refractivity contribution >= 4 is 5.97 Å². The average molecular weight is 267 g/mol. The van der Waals surface area contributed by atoms with Crippen LogP contribution in [0.25, 0.3) is 0 Å². The maximum atomic E-state index is 11.0. The number of methoxy groups -OCH3 is 1. The van der Waals surface area contributed by atoms with Gasteiger partial charge in [0.1, 0.15) is 6.61 Å². The van der Waals surface area contributed by atoms with Gasteiger partial charge in [-0.25, -0.2) is 0 Å². The highest BCUT2D eigenvalue weighted by atomic mass is 16.5. The Labute approximate surface area is 113 Å². The zero-order valence-electron chi connectivity index (χ0n) is 11.8. The van der Waals surface area contributed by atoms with E-state index in [0.717, 1.165) is 5.56 Å². The van der Waals surface area contributed by atoms with E-state index >= 15 is 0 Å². The third kappa shape index (κ3) is 3.86. The predicted molar refractivity (Wildman–Crippen MR) is 72.5 cm³/mol. The fourth-order valence-corrected chi connectivity index (χ4v) is 1.41. The standard InChI is InChI=1S/C14H21NO4/c1-9(15)10-5-6-11(12(7-10)18-4)19-8-14(2,3)13(16)17/h5-7,9H,8,15H2,1-4H3,(H,16,17). The third-order valence-electron chi connectivity index (χ3n) is 2.88. The molecule has 0 aliphatic rings. The highest BCUT2D eigenvalue weighted by molar-refractivity contribution is 5.73. The molecule has 0 aliphatic heterocycles. The molecule has 106 valence electrons. The number of carbonyl (C=O) groups is 1. The Morgan fingerprint density at radius 3 is 2.53 bits per heavy atom. The Morgan fingerprint density at radius 2 is 2.05 bits per heavy atom. The summed E-state index contributed by atoms with van der Waals surface area (Å²) in [6.07, 6.45) is 0. The van der Waals surface area contributed by atoms with Gasteiger partial charge in [-0.1, -0.05) is 6.07 Å². The molecule has 1 aromatic rings. The van der Waals surface area contributed by atoms with Crippen LogP contribution in [0, 0.1) is 5.41 Å². The summed E-state index contributed by atoms with van der Waals surface area (Å²) in [4.78, 5) is 11.0. The highest BCUT2D eigenvalue weighted by Crippen LogP contribution is 2.31. The summed E-state index contributed by atoms with van der Waals surface area (Å²) in [5.74, 6) is 0.163. The van der Waals surface area contributed by atoms with Gasteiger partial charge in [0.05, 0.1) is 12.5 Å². The zero-order valence-corrected chi connectivity index (χ0v) is 11.8. The first kappa shape index (κ1) is 15.3. The van der Waals surface area contributed by atoms with Crippen LogP contribution in [-0.2, 0) is 4.79 Å². The van der Waals surface area contributed by atoms with Crippen LogP contribution in [0.5, 0.6) is 11.5 Å². The Hall–Kier alpha value is -1.75. The third-order valence-corrected chi connectivity index (χ3v) is 2.88. The number of nitrogens with two attached hydrogens (primary N) is 1. The lowest BCUT2D eigenvalue weighted by atomic mass is 9.95. The van der Waals surface area contributed by atoms with Gasteiger partial charge in [-0.05, 0) is 38.5 Å². The van der Waals surface area contributed by atoms with Crippen molar-refractivity contribution in [2.45, 2.75) is 26.8 Å². The normalized spacial score (nSPS) is 12.9. The summed E-state index contributed by atoms with van der Waals surface area (Å²) in [5.41, 5.74) is 5.77. The largest absolute Gasteiger partial charge is 0.493 e. The van der Waals surface area contributed by atoms with Gasteiger partial charge in [0.25, 0.3) is 0 Å². The fraction of sp³-hybridized carbons (Fsp3) is 0.500. The second kappa shape index (κ2) is 5.93. The van der Waals surface area contributed by atoms with Crippen LogP contribution in [-0.4, -0.2) is 24.8 Å². The van der Waals surface area contributed by atoms with E-state index in [1.165, 1.54) is 7.11 Å². The van der Waals surface area contributed by atoms with Gasteiger partial charge in [0.15, 0.2) is 11.5 Å². The van der Waals surface area contributed by atoms with Crippen molar-refractivity contribution in [3.63, 3.8) is 0 Å². The lowest BCUT2D eigenvalue weighted by molar-refractivity contribution is -0.148. The van der Waals surface area contributed by atoms with Crippen molar-refractivity contribution in [2.24, 2.45) is 11.1 Å². The topological polar surface area (TPSA) is 81.8 Å². The molecule has 0 heterocycles. The van der Waals surface area contributed by atoms with E-state index in [-0.39, 0.29) is 12.6 Å². The minimum atomic E-state index is -0.954. The molecule has 1 aromatic carbocycles. The van der Waals surface area contributed by atoms with Gasteiger partial charge in [-0.2, -0.15) is 0 Å². The van der Waals surface area contributed by atoms with Crippen LogP contribution < -0.4 is 15.2 Å². The van der Waals surface area contributed by atoms with Crippen LogP contribution in [0.3, 0.4) is 0 Å². The van der Waals surface area contributed by atoms with Crippen molar-refractivity contribution in [3.8, 4) is 11.5 Å². The van der Waals surface area contributed by atoms with Crippen LogP contribution in [0.4, 0.5) is 0 Å². The van der Waals surface area contributed by atoms with E-state index in [0.29, 0.717) is 11.5 Å². The van der Waals surface area contributed by atoms with E-state index < -0.39 is 11.4 Å². The van der Waals surface area contributed by atoms with E-state index in [9.17, 15) is 4.79 Å². The summed E-state index contributed by atoms with van der Waals surface area (Å²) >= 11 is 0. The van der Waals surface area contributed by atoms with Crippen molar-refractivity contribution < 1.29 is 19.4 Å². The van der Waals surface area contributed by atoms with Crippen LogP contribution >= 0.6 is 0 Å². The summed E-state index contributed by atoms with van der Waals surface area (Å²) in [5, 5.41) is 9.03. The lowest BCUT2D eigenvalue weighted by Gasteiger charge is -2.21. The molecule has 0 aliphatic carbocycles. The molecule has 0 amide bonds. The van der Waals surface area contributed by atoms with Crippen molar-refractivity contribution in [2.75, 3.05) is 13.7 Å². The van der Waals surface area contributed by atoms with Crippen LogP contribution in [0.2, 0.25) is 0 Å². The maximum absolute atomic E-state index is 11.0. The molecule has 0 aromatic heterocycles. The van der Waals surface area contributed by atoms with E-state index in [4.69, 9.17) is 20.3 Å². The number of hydrogen-bond acceptors (Lipinski definition) is 4. The number of carboxylic acid groups (broad SMARTS) is 1. The molecular formula is C14H21NO4. The molecule has 0 fully saturated rings. The number of hydrogen-bond donors (Lipinski definition) is 2. The summed E-state index contributed by atoms with van der Waals surface area (Å²) in [6, 6.07) is 5.29. The molecule has 0 radical (unpaired) electrons. The van der Waals surface area contributed by atoms with Crippen molar-refractivity contribution in [3.05, 3.63) is 23.8 Å². The Bertz CT molecular complexity index is 455. The first-order valence-electron chi connectivity index (χ1n) is 6.07. The predicted octanol–water partition coefficient (Wildman–Crippen LogP) is 2.20. The first-order chi connectivity index (χ1) is 8.77. The number of aliphatic carboxylic acids is 1. The van der Waals surface area contributed by atoms with Gasteiger partial charge in [-0.3, -0.25) is 4.79 Å². The van der Waals surface area contributed by atoms with E-state index in [1.807, 2.05) is 13.0 Å². The summed E-state index contributed by atoms with van der Waals surface area (Å²) in [6.45, 7) is 5.16. The van der Waals surface area contributed by atoms with Crippen LogP contribution in [0.15, 0.2) is 18.2 Å². The average Bonchev–Trinajstić information content (AvgIpc) is 2.35.